The summed E-state index contributed by atoms with van der Waals surface area (Å²) in [7, 11) is 1.42. The van der Waals surface area contributed by atoms with E-state index in [1.807, 2.05) is 0 Å². The maximum absolute atomic E-state index is 13.1. The molecule has 1 aliphatic carbocycles. The summed E-state index contributed by atoms with van der Waals surface area (Å²) in [6.45, 7) is 6.53. The molecule has 18 heavy (non-hydrogen) atoms. The van der Waals surface area contributed by atoms with Gasteiger partial charge in [-0.25, -0.2) is 0 Å². The molecule has 1 rings (SSSR count). The highest BCUT2D eigenvalue weighted by atomic mass is 19.4. The number of hydrogen-bond donors (Lipinski definition) is 1. The van der Waals surface area contributed by atoms with Crippen LogP contribution in [-0.2, 0) is 4.74 Å². The lowest BCUT2D eigenvalue weighted by Crippen LogP contribution is -2.51. The summed E-state index contributed by atoms with van der Waals surface area (Å²) in [6, 6.07) is 0. The molecular formula is C13H19F3O2. The van der Waals surface area contributed by atoms with E-state index in [1.165, 1.54) is 19.3 Å². The first-order chi connectivity index (χ1) is 7.86. The number of rotatable bonds is 1. The van der Waals surface area contributed by atoms with Crippen molar-refractivity contribution in [2.45, 2.75) is 45.1 Å². The van der Waals surface area contributed by atoms with E-state index >= 15 is 0 Å². The second-order valence-electron chi connectivity index (χ2n) is 5.79. The van der Waals surface area contributed by atoms with E-state index in [2.05, 4.69) is 0 Å². The lowest BCUT2D eigenvalue weighted by molar-refractivity contribution is -0.230. The largest absolute Gasteiger partial charge is 0.424 e. The fraction of sp³-hybridized carbons (Fsp3) is 0.692. The molecule has 0 fully saturated rings. The average molecular weight is 264 g/mol. The summed E-state index contributed by atoms with van der Waals surface area (Å²) in [4.78, 5) is 0. The van der Waals surface area contributed by atoms with Gasteiger partial charge in [-0.15, -0.1) is 0 Å². The van der Waals surface area contributed by atoms with Gasteiger partial charge in [0.15, 0.2) is 0 Å². The van der Waals surface area contributed by atoms with Gasteiger partial charge in [0.2, 0.25) is 5.60 Å². The minimum absolute atomic E-state index is 0.102. The summed E-state index contributed by atoms with van der Waals surface area (Å²) in [5, 5.41) is 10.00. The Labute approximate surface area is 105 Å². The lowest BCUT2D eigenvalue weighted by atomic mass is 9.70. The molecule has 0 unspecified atom stereocenters. The molecule has 0 amide bonds. The number of alkyl halides is 3. The first kappa shape index (κ1) is 15.2. The smallest absolute Gasteiger partial charge is 0.373 e. The van der Waals surface area contributed by atoms with Crippen molar-refractivity contribution in [1.82, 2.24) is 0 Å². The molecule has 0 aromatic heterocycles. The van der Waals surface area contributed by atoms with Crippen LogP contribution < -0.4 is 0 Å². The molecule has 0 bridgehead atoms. The highest BCUT2D eigenvalue weighted by molar-refractivity contribution is 5.41. The highest BCUT2D eigenvalue weighted by Crippen LogP contribution is 2.48. The van der Waals surface area contributed by atoms with E-state index in [0.29, 0.717) is 0 Å². The molecule has 1 N–H and O–H groups in total. The Morgan fingerprint density at radius 3 is 2.00 bits per heavy atom. The third kappa shape index (κ3) is 2.47. The van der Waals surface area contributed by atoms with Crippen LogP contribution in [0, 0.1) is 5.41 Å². The van der Waals surface area contributed by atoms with Crippen LogP contribution in [0.15, 0.2) is 23.8 Å². The summed E-state index contributed by atoms with van der Waals surface area (Å²) in [6.07, 6.45) is -1.40. The molecule has 2 nitrogen and oxygen atoms in total. The van der Waals surface area contributed by atoms with Gasteiger partial charge >= 0.3 is 6.18 Å². The van der Waals surface area contributed by atoms with Gasteiger partial charge in [-0.1, -0.05) is 20.8 Å². The van der Waals surface area contributed by atoms with Gasteiger partial charge < -0.3 is 9.84 Å². The van der Waals surface area contributed by atoms with Crippen LogP contribution in [0.25, 0.3) is 0 Å². The van der Waals surface area contributed by atoms with Crippen molar-refractivity contribution in [3.05, 3.63) is 23.8 Å². The zero-order valence-electron chi connectivity index (χ0n) is 11.2. The summed E-state index contributed by atoms with van der Waals surface area (Å²) < 4.78 is 44.4. The standard InChI is InChI=1S/C13H19F3O2/c1-10(2,3)9-8-11(4,18-5)6-7-12(9,17)13(14,15)16/h6-8,17H,1-5H3/t11-,12+/m1/s1. The van der Waals surface area contributed by atoms with Gasteiger partial charge in [0, 0.05) is 7.11 Å². The van der Waals surface area contributed by atoms with E-state index in [4.69, 9.17) is 4.74 Å². The topological polar surface area (TPSA) is 29.5 Å². The Bertz CT molecular complexity index is 390. The van der Waals surface area contributed by atoms with Crippen LogP contribution in [0.4, 0.5) is 13.2 Å². The molecule has 0 saturated carbocycles. The Morgan fingerprint density at radius 2 is 1.67 bits per heavy atom. The van der Waals surface area contributed by atoms with Crippen molar-refractivity contribution < 1.29 is 23.0 Å². The van der Waals surface area contributed by atoms with Crippen molar-refractivity contribution in [2.24, 2.45) is 5.41 Å². The van der Waals surface area contributed by atoms with Gasteiger partial charge in [-0.2, -0.15) is 13.2 Å². The monoisotopic (exact) mass is 264 g/mol. The molecule has 0 aromatic rings. The van der Waals surface area contributed by atoms with E-state index in [1.54, 1.807) is 27.7 Å². The second kappa shape index (κ2) is 4.10. The molecule has 2 atom stereocenters. The van der Waals surface area contributed by atoms with Crippen molar-refractivity contribution in [3.63, 3.8) is 0 Å². The van der Waals surface area contributed by atoms with Gasteiger partial charge in [-0.3, -0.25) is 0 Å². The van der Waals surface area contributed by atoms with Gasteiger partial charge in [-0.05, 0) is 36.1 Å². The van der Waals surface area contributed by atoms with E-state index in [9.17, 15) is 18.3 Å². The van der Waals surface area contributed by atoms with Crippen molar-refractivity contribution in [3.8, 4) is 0 Å². The molecular weight excluding hydrogens is 245 g/mol. The molecule has 0 aromatic carbocycles. The quantitative estimate of drug-likeness (QED) is 0.737. The summed E-state index contributed by atoms with van der Waals surface area (Å²) in [5.74, 6) is 0. The van der Waals surface area contributed by atoms with Crippen LogP contribution in [0.1, 0.15) is 27.7 Å². The molecule has 0 spiro atoms. The fourth-order valence-electron chi connectivity index (χ4n) is 1.98. The third-order valence-corrected chi connectivity index (χ3v) is 3.18. The van der Waals surface area contributed by atoms with Crippen molar-refractivity contribution >= 4 is 0 Å². The predicted molar refractivity (Wildman–Crippen MR) is 63.1 cm³/mol. The minimum Gasteiger partial charge on any atom is -0.373 e. The van der Waals surface area contributed by atoms with E-state index in [0.717, 1.165) is 6.08 Å². The highest BCUT2D eigenvalue weighted by Gasteiger charge is 2.58. The number of methoxy groups -OCH3 is 1. The third-order valence-electron chi connectivity index (χ3n) is 3.18. The lowest BCUT2D eigenvalue weighted by Gasteiger charge is -2.42. The van der Waals surface area contributed by atoms with Crippen molar-refractivity contribution in [2.75, 3.05) is 7.11 Å². The molecule has 104 valence electrons. The normalized spacial score (nSPS) is 33.5. The number of hydrogen-bond acceptors (Lipinski definition) is 2. The number of aliphatic hydroxyl groups is 1. The van der Waals surface area contributed by atoms with Crippen LogP contribution >= 0.6 is 0 Å². The van der Waals surface area contributed by atoms with Crippen LogP contribution in [0.2, 0.25) is 0 Å². The van der Waals surface area contributed by atoms with Gasteiger partial charge in [0.05, 0.1) is 0 Å². The molecule has 5 heteroatoms. The Kier molecular flexibility index (Phi) is 3.47. The SMILES string of the molecule is CO[C@]1(C)C=C[C@@](O)(C(F)(F)F)C(C(C)(C)C)=C1. The van der Waals surface area contributed by atoms with Gasteiger partial charge in [0.25, 0.3) is 0 Å². The Hall–Kier alpha value is -0.810. The zero-order chi connectivity index (χ0) is 14.4. The van der Waals surface area contributed by atoms with Crippen LogP contribution in [-0.4, -0.2) is 29.6 Å². The Balaban J connectivity index is 3.42. The predicted octanol–water partition coefficient (Wildman–Crippen LogP) is 3.23. The maximum Gasteiger partial charge on any atom is 0.424 e. The van der Waals surface area contributed by atoms with Crippen LogP contribution in [0.5, 0.6) is 0 Å². The Morgan fingerprint density at radius 1 is 1.17 bits per heavy atom. The molecule has 0 heterocycles. The van der Waals surface area contributed by atoms with Gasteiger partial charge in [0.1, 0.15) is 5.60 Å². The zero-order valence-corrected chi connectivity index (χ0v) is 11.2. The maximum atomic E-state index is 13.1. The summed E-state index contributed by atoms with van der Waals surface area (Å²) in [5.41, 5.74) is -4.78. The first-order valence-electron chi connectivity index (χ1n) is 5.64. The molecule has 1 aliphatic rings. The van der Waals surface area contributed by atoms with E-state index < -0.39 is 22.8 Å². The fourth-order valence-corrected chi connectivity index (χ4v) is 1.98. The molecule has 0 aliphatic heterocycles. The number of halogens is 3. The average Bonchev–Trinajstić information content (AvgIpc) is 2.19. The molecule has 0 radical (unpaired) electrons. The minimum atomic E-state index is -4.75. The number of ether oxygens (including phenoxy) is 1. The second-order valence-corrected chi connectivity index (χ2v) is 5.79. The van der Waals surface area contributed by atoms with Crippen LogP contribution in [0.3, 0.4) is 0 Å². The summed E-state index contributed by atoms with van der Waals surface area (Å²) >= 11 is 0. The van der Waals surface area contributed by atoms with Crippen molar-refractivity contribution in [1.29, 1.82) is 0 Å². The molecule has 0 saturated heterocycles. The first-order valence-corrected chi connectivity index (χ1v) is 5.64. The van der Waals surface area contributed by atoms with E-state index in [-0.39, 0.29) is 5.57 Å².